The molecular weight excluding hydrogens is 342 g/mol. The van der Waals surface area contributed by atoms with Gasteiger partial charge in [-0.25, -0.2) is 0 Å². The predicted octanol–water partition coefficient (Wildman–Crippen LogP) is 5.80. The van der Waals surface area contributed by atoms with Gasteiger partial charge in [-0.2, -0.15) is 5.10 Å². The zero-order chi connectivity index (χ0) is 20.1. The summed E-state index contributed by atoms with van der Waals surface area (Å²) in [6.45, 7) is 15.5. The average Bonchev–Trinajstić information content (AvgIpc) is 2.96. The van der Waals surface area contributed by atoms with Gasteiger partial charge in [-0.15, -0.1) is 0 Å². The molecule has 2 aliphatic heterocycles. The van der Waals surface area contributed by atoms with Gasteiger partial charge in [-0.1, -0.05) is 50.5 Å². The van der Waals surface area contributed by atoms with E-state index in [0.29, 0.717) is 12.0 Å². The van der Waals surface area contributed by atoms with E-state index in [4.69, 9.17) is 0 Å². The van der Waals surface area contributed by atoms with Gasteiger partial charge < -0.3 is 10.3 Å². The molecule has 28 heavy (non-hydrogen) atoms. The Morgan fingerprint density at radius 2 is 2.25 bits per heavy atom. The summed E-state index contributed by atoms with van der Waals surface area (Å²) < 4.78 is 0. The van der Waals surface area contributed by atoms with Crippen molar-refractivity contribution in [2.24, 2.45) is 11.0 Å². The highest BCUT2D eigenvalue weighted by Crippen LogP contribution is 2.31. The van der Waals surface area contributed by atoms with Gasteiger partial charge in [0.2, 0.25) is 0 Å². The molecule has 0 saturated heterocycles. The maximum Gasteiger partial charge on any atom is 0.0560 e. The zero-order valence-electron chi connectivity index (χ0n) is 17.5. The van der Waals surface area contributed by atoms with Crippen molar-refractivity contribution in [1.29, 1.82) is 0 Å². The Morgan fingerprint density at radius 1 is 1.43 bits per heavy atom. The predicted molar refractivity (Wildman–Crippen MR) is 121 cm³/mol. The molecule has 0 spiro atoms. The standard InChI is InChI=1S/C25H33N3/c1-6-8-18(3)21(7-2)9-10-22-14-16-28(15-13-19(22)4)23-11-12-25-24(17-23)20(5)26-27-25/h6,8-9,13-15,17,24-25,27H,1,4,7,10-12,16H2,2-3,5H3/b18-8-,21-9-. The lowest BCUT2D eigenvalue weighted by atomic mass is 9.86. The van der Waals surface area contributed by atoms with E-state index in [1.165, 1.54) is 28.1 Å². The molecule has 3 nitrogen and oxygen atoms in total. The Bertz CT molecular complexity index is 817. The Hall–Kier alpha value is -2.55. The fourth-order valence-corrected chi connectivity index (χ4v) is 4.16. The van der Waals surface area contributed by atoms with Gasteiger partial charge in [0.05, 0.1) is 6.04 Å². The van der Waals surface area contributed by atoms with Crippen LogP contribution in [0.15, 0.2) is 88.9 Å². The molecule has 0 bridgehead atoms. The fraction of sp³-hybridized carbons (Fsp3) is 0.400. The van der Waals surface area contributed by atoms with Crippen LogP contribution in [0, 0.1) is 5.92 Å². The molecule has 2 heterocycles. The number of rotatable bonds is 6. The van der Waals surface area contributed by atoms with Gasteiger partial charge in [0, 0.05) is 30.1 Å². The zero-order valence-corrected chi connectivity index (χ0v) is 17.5. The van der Waals surface area contributed by atoms with Crippen LogP contribution in [0.2, 0.25) is 0 Å². The molecule has 0 aromatic carbocycles. The molecule has 2 unspecified atom stereocenters. The van der Waals surface area contributed by atoms with Crippen LogP contribution in [-0.4, -0.2) is 23.2 Å². The Morgan fingerprint density at radius 3 is 3.00 bits per heavy atom. The second-order valence-electron chi connectivity index (χ2n) is 7.81. The molecule has 0 aromatic rings. The van der Waals surface area contributed by atoms with Gasteiger partial charge in [0.1, 0.15) is 0 Å². The third-order valence-corrected chi connectivity index (χ3v) is 6.00. The van der Waals surface area contributed by atoms with Crippen molar-refractivity contribution in [3.05, 3.63) is 83.8 Å². The van der Waals surface area contributed by atoms with Crippen molar-refractivity contribution in [1.82, 2.24) is 10.3 Å². The summed E-state index contributed by atoms with van der Waals surface area (Å²) in [5.41, 5.74) is 11.0. The first kappa shape index (κ1) is 20.2. The highest BCUT2D eigenvalue weighted by atomic mass is 15.3. The maximum atomic E-state index is 4.42. The quantitative estimate of drug-likeness (QED) is 0.594. The average molecular weight is 376 g/mol. The third-order valence-electron chi connectivity index (χ3n) is 6.00. The molecule has 148 valence electrons. The molecular formula is C25H33N3. The molecule has 3 aliphatic rings. The molecule has 0 fully saturated rings. The van der Waals surface area contributed by atoms with E-state index in [-0.39, 0.29) is 0 Å². The summed E-state index contributed by atoms with van der Waals surface area (Å²) in [6.07, 6.45) is 19.5. The van der Waals surface area contributed by atoms with Crippen molar-refractivity contribution in [3.8, 4) is 0 Å². The third kappa shape index (κ3) is 4.46. The van der Waals surface area contributed by atoms with Crippen molar-refractivity contribution in [2.75, 3.05) is 6.54 Å². The van der Waals surface area contributed by atoms with Crippen molar-refractivity contribution in [3.63, 3.8) is 0 Å². The summed E-state index contributed by atoms with van der Waals surface area (Å²) in [4.78, 5) is 2.37. The molecule has 0 amide bonds. The van der Waals surface area contributed by atoms with Gasteiger partial charge in [0.15, 0.2) is 0 Å². The summed E-state index contributed by atoms with van der Waals surface area (Å²) in [7, 11) is 0. The van der Waals surface area contributed by atoms with Crippen LogP contribution in [0.5, 0.6) is 0 Å². The molecule has 2 atom stereocenters. The summed E-state index contributed by atoms with van der Waals surface area (Å²) >= 11 is 0. The normalized spacial score (nSPS) is 25.5. The number of allylic oxidation sites excluding steroid dienone is 9. The SMILES string of the molecule is C=C/C=C(C)\C(=C/CC1=CCN(C2=CC3C(C)=NNC3CC2)C=CC1=C)CC. The maximum absolute atomic E-state index is 4.42. The topological polar surface area (TPSA) is 27.6 Å². The van der Waals surface area contributed by atoms with E-state index < -0.39 is 0 Å². The number of hydrazone groups is 1. The number of nitrogens with zero attached hydrogens (tertiary/aromatic N) is 2. The van der Waals surface area contributed by atoms with E-state index in [0.717, 1.165) is 37.8 Å². The Balaban J connectivity index is 1.73. The molecule has 1 aliphatic carbocycles. The number of hydrogen-bond donors (Lipinski definition) is 1. The molecule has 3 heteroatoms. The molecule has 0 saturated carbocycles. The second kappa shape index (κ2) is 9.09. The second-order valence-corrected chi connectivity index (χ2v) is 7.81. The van der Waals surface area contributed by atoms with Crippen molar-refractivity contribution < 1.29 is 0 Å². The van der Waals surface area contributed by atoms with Crippen molar-refractivity contribution >= 4 is 5.71 Å². The lowest BCUT2D eigenvalue weighted by molar-refractivity contribution is 0.405. The Labute approximate surface area is 170 Å². The molecule has 3 rings (SSSR count). The van der Waals surface area contributed by atoms with Gasteiger partial charge in [0.25, 0.3) is 0 Å². The Kier molecular flexibility index (Phi) is 6.56. The molecule has 1 N–H and O–H groups in total. The van der Waals surface area contributed by atoms with Crippen LogP contribution in [0.25, 0.3) is 0 Å². The minimum absolute atomic E-state index is 0.432. The van der Waals surface area contributed by atoms with E-state index in [2.05, 4.69) is 85.9 Å². The van der Waals surface area contributed by atoms with E-state index >= 15 is 0 Å². The monoisotopic (exact) mass is 375 g/mol. The van der Waals surface area contributed by atoms with E-state index in [9.17, 15) is 0 Å². The fourth-order valence-electron chi connectivity index (χ4n) is 4.16. The first-order chi connectivity index (χ1) is 13.5. The van der Waals surface area contributed by atoms with E-state index in [1.54, 1.807) is 0 Å². The first-order valence-corrected chi connectivity index (χ1v) is 10.4. The smallest absolute Gasteiger partial charge is 0.0560 e. The lowest BCUT2D eigenvalue weighted by Gasteiger charge is -2.30. The van der Waals surface area contributed by atoms with Crippen LogP contribution >= 0.6 is 0 Å². The highest BCUT2D eigenvalue weighted by Gasteiger charge is 2.31. The number of fused-ring (bicyclic) bond motifs is 1. The van der Waals surface area contributed by atoms with Crippen LogP contribution < -0.4 is 5.43 Å². The van der Waals surface area contributed by atoms with Crippen LogP contribution in [0.1, 0.15) is 46.5 Å². The largest absolute Gasteiger partial charge is 0.348 e. The minimum Gasteiger partial charge on any atom is -0.348 e. The number of nitrogens with one attached hydrogen (secondary N) is 1. The first-order valence-electron chi connectivity index (χ1n) is 10.4. The minimum atomic E-state index is 0.432. The summed E-state index contributed by atoms with van der Waals surface area (Å²) in [6, 6.07) is 0.477. The van der Waals surface area contributed by atoms with Gasteiger partial charge >= 0.3 is 0 Å². The molecule has 0 radical (unpaired) electrons. The van der Waals surface area contributed by atoms with E-state index in [1.807, 2.05) is 6.08 Å². The summed E-state index contributed by atoms with van der Waals surface area (Å²) in [5, 5.41) is 4.42. The van der Waals surface area contributed by atoms with Gasteiger partial charge in [-0.3, -0.25) is 0 Å². The van der Waals surface area contributed by atoms with Gasteiger partial charge in [-0.05, 0) is 67.9 Å². The number of hydrogen-bond acceptors (Lipinski definition) is 3. The van der Waals surface area contributed by atoms with Crippen LogP contribution in [0.3, 0.4) is 0 Å². The van der Waals surface area contributed by atoms with Crippen molar-refractivity contribution in [2.45, 2.75) is 52.5 Å². The van der Waals surface area contributed by atoms with Crippen LogP contribution in [-0.2, 0) is 0 Å². The lowest BCUT2D eigenvalue weighted by Crippen LogP contribution is -2.33. The highest BCUT2D eigenvalue weighted by molar-refractivity contribution is 5.88. The van der Waals surface area contributed by atoms with Crippen LogP contribution in [0.4, 0.5) is 0 Å². The molecule has 0 aromatic heterocycles. The summed E-state index contributed by atoms with van der Waals surface area (Å²) in [5.74, 6) is 0.432.